The Morgan fingerprint density at radius 3 is 2.00 bits per heavy atom. The van der Waals surface area contributed by atoms with Crippen molar-refractivity contribution in [2.75, 3.05) is 0 Å². The van der Waals surface area contributed by atoms with Crippen LogP contribution in [0.4, 0.5) is 0 Å². The van der Waals surface area contributed by atoms with E-state index >= 15 is 0 Å². The zero-order valence-corrected chi connectivity index (χ0v) is 8.15. The lowest BCUT2D eigenvalue weighted by molar-refractivity contribution is 1.28. The van der Waals surface area contributed by atoms with Crippen molar-refractivity contribution in [3.8, 4) is 0 Å². The number of aromatic nitrogens is 1. The molecule has 1 N–H and O–H groups in total. The molecule has 0 aliphatic carbocycles. The number of hydrogen-bond acceptors (Lipinski definition) is 0. The van der Waals surface area contributed by atoms with Gasteiger partial charge < -0.3 is 4.98 Å². The average Bonchev–Trinajstić information content (AvgIpc) is 2.11. The van der Waals surface area contributed by atoms with Gasteiger partial charge in [0.15, 0.2) is 0 Å². The largest absolute Gasteiger partial charge is 0.366 e. The Kier molecular flexibility index (Phi) is 1.73. The van der Waals surface area contributed by atoms with Crippen LogP contribution in [0.5, 0.6) is 0 Å². The molecular weight excluding hydrogens is 138 g/mol. The highest BCUT2D eigenvalue weighted by molar-refractivity contribution is 6.88. The predicted octanol–water partition coefficient (Wildman–Crippen LogP) is 1.87. The van der Waals surface area contributed by atoms with E-state index in [1.807, 2.05) is 0 Å². The second-order valence-corrected chi connectivity index (χ2v) is 8.84. The molecule has 0 bridgehead atoms. The van der Waals surface area contributed by atoms with Crippen LogP contribution in [0.3, 0.4) is 0 Å². The van der Waals surface area contributed by atoms with E-state index in [2.05, 4.69) is 43.7 Å². The standard InChI is InChI=1S/C8H15NSi/c1-7-5-6-8(9-7)10(2,3)4/h5-6,9H,1-4H3. The molecule has 2 heteroatoms. The molecule has 1 aromatic heterocycles. The number of aromatic amines is 1. The van der Waals surface area contributed by atoms with Crippen LogP contribution in [0, 0.1) is 6.92 Å². The summed E-state index contributed by atoms with van der Waals surface area (Å²) in [6.45, 7) is 9.14. The van der Waals surface area contributed by atoms with Crippen LogP contribution < -0.4 is 5.32 Å². The molecule has 0 radical (unpaired) electrons. The first-order valence-electron chi connectivity index (χ1n) is 3.66. The first-order valence-corrected chi connectivity index (χ1v) is 7.16. The fourth-order valence-electron chi connectivity index (χ4n) is 0.942. The number of H-pyrrole nitrogens is 1. The summed E-state index contributed by atoms with van der Waals surface area (Å²) < 4.78 is 0. The summed E-state index contributed by atoms with van der Waals surface area (Å²) in [6, 6.07) is 4.36. The lowest BCUT2D eigenvalue weighted by Crippen LogP contribution is -2.38. The Morgan fingerprint density at radius 1 is 1.20 bits per heavy atom. The van der Waals surface area contributed by atoms with E-state index < -0.39 is 8.07 Å². The smallest absolute Gasteiger partial charge is 0.0981 e. The molecule has 0 atom stereocenters. The van der Waals surface area contributed by atoms with Crippen molar-refractivity contribution >= 4 is 13.4 Å². The maximum absolute atomic E-state index is 3.38. The third kappa shape index (κ3) is 1.51. The lowest BCUT2D eigenvalue weighted by Gasteiger charge is -2.12. The second kappa shape index (κ2) is 2.27. The van der Waals surface area contributed by atoms with E-state index in [9.17, 15) is 0 Å². The lowest BCUT2D eigenvalue weighted by atomic mass is 10.5. The summed E-state index contributed by atoms with van der Waals surface area (Å²) in [5.74, 6) is 0. The highest BCUT2D eigenvalue weighted by atomic mass is 28.3. The van der Waals surface area contributed by atoms with Crippen molar-refractivity contribution in [1.29, 1.82) is 0 Å². The summed E-state index contributed by atoms with van der Waals surface area (Å²) in [5.41, 5.74) is 1.28. The molecule has 0 unspecified atom stereocenters. The number of rotatable bonds is 1. The molecule has 0 spiro atoms. The van der Waals surface area contributed by atoms with Gasteiger partial charge in [0.05, 0.1) is 8.07 Å². The molecule has 1 aromatic rings. The monoisotopic (exact) mass is 153 g/mol. The molecule has 1 heterocycles. The summed E-state index contributed by atoms with van der Waals surface area (Å²) in [5, 5.41) is 1.45. The van der Waals surface area contributed by atoms with Crippen molar-refractivity contribution < 1.29 is 0 Å². The molecule has 0 saturated carbocycles. The van der Waals surface area contributed by atoms with Gasteiger partial charge in [0, 0.05) is 5.69 Å². The van der Waals surface area contributed by atoms with Crippen molar-refractivity contribution in [3.05, 3.63) is 17.8 Å². The normalized spacial score (nSPS) is 12.0. The van der Waals surface area contributed by atoms with Gasteiger partial charge in [-0.3, -0.25) is 0 Å². The summed E-state index contributed by atoms with van der Waals surface area (Å²) in [4.78, 5) is 3.38. The molecule has 0 aliphatic rings. The van der Waals surface area contributed by atoms with Gasteiger partial charge in [0.1, 0.15) is 0 Å². The molecule has 0 aliphatic heterocycles. The SMILES string of the molecule is Cc1ccc([Si](C)(C)C)[nH]1. The van der Waals surface area contributed by atoms with Gasteiger partial charge in [-0.15, -0.1) is 0 Å². The van der Waals surface area contributed by atoms with Crippen molar-refractivity contribution in [2.24, 2.45) is 0 Å². The van der Waals surface area contributed by atoms with E-state index in [0.29, 0.717) is 0 Å². The molecule has 0 amide bonds. The number of nitrogens with one attached hydrogen (secondary N) is 1. The van der Waals surface area contributed by atoms with Gasteiger partial charge in [-0.2, -0.15) is 0 Å². The molecule has 0 saturated heterocycles. The van der Waals surface area contributed by atoms with E-state index in [0.717, 1.165) is 0 Å². The molecule has 10 heavy (non-hydrogen) atoms. The number of hydrogen-bond donors (Lipinski definition) is 1. The topological polar surface area (TPSA) is 15.8 Å². The van der Waals surface area contributed by atoms with Gasteiger partial charge in [-0.05, 0) is 24.4 Å². The van der Waals surface area contributed by atoms with Gasteiger partial charge in [0.25, 0.3) is 0 Å². The maximum Gasteiger partial charge on any atom is 0.0981 e. The van der Waals surface area contributed by atoms with E-state index in [4.69, 9.17) is 0 Å². The van der Waals surface area contributed by atoms with Gasteiger partial charge in [-0.1, -0.05) is 19.6 Å². The average molecular weight is 153 g/mol. The van der Waals surface area contributed by atoms with Gasteiger partial charge >= 0.3 is 0 Å². The van der Waals surface area contributed by atoms with Crippen LogP contribution >= 0.6 is 0 Å². The molecular formula is C8H15NSi. The number of aryl methyl sites for hydroxylation is 1. The highest BCUT2D eigenvalue weighted by Crippen LogP contribution is 2.01. The second-order valence-electron chi connectivity index (χ2n) is 3.81. The zero-order chi connectivity index (χ0) is 7.78. The van der Waals surface area contributed by atoms with E-state index in [-0.39, 0.29) is 0 Å². The van der Waals surface area contributed by atoms with Crippen LogP contribution in [-0.4, -0.2) is 13.1 Å². The Bertz CT molecular complexity index is 219. The Hall–Kier alpha value is -0.503. The molecule has 0 aromatic carbocycles. The van der Waals surface area contributed by atoms with Crippen LogP contribution in [-0.2, 0) is 0 Å². The summed E-state index contributed by atoms with van der Waals surface area (Å²) in [7, 11) is -1.07. The van der Waals surface area contributed by atoms with Crippen molar-refractivity contribution in [2.45, 2.75) is 26.6 Å². The minimum atomic E-state index is -1.07. The quantitative estimate of drug-likeness (QED) is 0.593. The molecule has 1 nitrogen and oxygen atoms in total. The third-order valence-corrected chi connectivity index (χ3v) is 3.55. The fourth-order valence-corrected chi connectivity index (χ4v) is 2.10. The molecule has 0 fully saturated rings. The minimum absolute atomic E-state index is 1.07. The van der Waals surface area contributed by atoms with E-state index in [1.54, 1.807) is 0 Å². The zero-order valence-electron chi connectivity index (χ0n) is 7.15. The summed E-state index contributed by atoms with van der Waals surface area (Å²) >= 11 is 0. The van der Waals surface area contributed by atoms with E-state index in [1.165, 1.54) is 11.0 Å². The Morgan fingerprint density at radius 2 is 1.80 bits per heavy atom. The molecule has 1 rings (SSSR count). The van der Waals surface area contributed by atoms with Crippen molar-refractivity contribution in [3.63, 3.8) is 0 Å². The van der Waals surface area contributed by atoms with Gasteiger partial charge in [-0.25, -0.2) is 0 Å². The van der Waals surface area contributed by atoms with Crippen LogP contribution in [0.15, 0.2) is 12.1 Å². The van der Waals surface area contributed by atoms with Crippen LogP contribution in [0.1, 0.15) is 5.69 Å². The Labute approximate surface area is 63.5 Å². The van der Waals surface area contributed by atoms with Gasteiger partial charge in [0.2, 0.25) is 0 Å². The summed E-state index contributed by atoms with van der Waals surface area (Å²) in [6.07, 6.45) is 0. The third-order valence-electron chi connectivity index (χ3n) is 1.64. The first kappa shape index (κ1) is 7.60. The maximum atomic E-state index is 3.38. The van der Waals surface area contributed by atoms with Crippen molar-refractivity contribution in [1.82, 2.24) is 4.98 Å². The first-order chi connectivity index (χ1) is 4.50. The van der Waals surface area contributed by atoms with Crippen LogP contribution in [0.25, 0.3) is 0 Å². The fraction of sp³-hybridized carbons (Fsp3) is 0.500. The predicted molar refractivity (Wildman–Crippen MR) is 48.5 cm³/mol. The minimum Gasteiger partial charge on any atom is -0.366 e. The Balaban J connectivity index is 2.96. The highest BCUT2D eigenvalue weighted by Gasteiger charge is 2.16. The van der Waals surface area contributed by atoms with Crippen LogP contribution in [0.2, 0.25) is 19.6 Å². The molecule has 56 valence electrons.